The van der Waals surface area contributed by atoms with E-state index in [1.165, 1.54) is 0 Å². The van der Waals surface area contributed by atoms with Gasteiger partial charge in [-0.1, -0.05) is 6.07 Å². The molecule has 0 aliphatic heterocycles. The van der Waals surface area contributed by atoms with Crippen LogP contribution in [0.2, 0.25) is 0 Å². The molecule has 2 amide bonds. The van der Waals surface area contributed by atoms with Crippen molar-refractivity contribution in [1.82, 2.24) is 10.3 Å². The predicted molar refractivity (Wildman–Crippen MR) is 86.7 cm³/mol. The molecule has 0 radical (unpaired) electrons. The first-order valence-corrected chi connectivity index (χ1v) is 7.22. The lowest BCUT2D eigenvalue weighted by Crippen LogP contribution is -2.29. The molecule has 0 unspecified atom stereocenters. The van der Waals surface area contributed by atoms with Crippen LogP contribution in [0.15, 0.2) is 48.7 Å². The monoisotopic (exact) mass is 324 g/mol. The Hall–Kier alpha value is -3.24. The second-order valence-electron chi connectivity index (χ2n) is 4.83. The molecule has 0 aliphatic carbocycles. The summed E-state index contributed by atoms with van der Waals surface area (Å²) in [5.74, 6) is -0.705. The number of ether oxygens (including phenoxy) is 1. The maximum absolute atomic E-state index is 11.7. The molecule has 24 heavy (non-hydrogen) atoms. The second kappa shape index (κ2) is 9.02. The molecule has 0 aliphatic rings. The van der Waals surface area contributed by atoms with Gasteiger partial charge >= 0.3 is 0 Å². The molecule has 1 aromatic heterocycles. The first-order valence-electron chi connectivity index (χ1n) is 7.22. The van der Waals surface area contributed by atoms with Crippen molar-refractivity contribution in [1.29, 1.82) is 5.26 Å². The SMILES string of the molecule is N#Cc1ccc(NC(=O)COCC(=O)NCc2ccccn2)cc1. The summed E-state index contributed by atoms with van der Waals surface area (Å²) in [7, 11) is 0. The molecular formula is C17H16N4O3. The summed E-state index contributed by atoms with van der Waals surface area (Å²) in [5, 5.41) is 14.0. The van der Waals surface area contributed by atoms with E-state index in [0.717, 1.165) is 5.69 Å². The zero-order chi connectivity index (χ0) is 17.2. The summed E-state index contributed by atoms with van der Waals surface area (Å²) < 4.78 is 5.07. The maximum Gasteiger partial charge on any atom is 0.250 e. The van der Waals surface area contributed by atoms with E-state index in [1.807, 2.05) is 12.1 Å². The van der Waals surface area contributed by atoms with Gasteiger partial charge in [0.25, 0.3) is 0 Å². The first kappa shape index (κ1) is 17.1. The smallest absolute Gasteiger partial charge is 0.250 e. The van der Waals surface area contributed by atoms with Crippen molar-refractivity contribution in [3.8, 4) is 6.07 Å². The van der Waals surface area contributed by atoms with Gasteiger partial charge in [0.05, 0.1) is 23.9 Å². The summed E-state index contributed by atoms with van der Waals surface area (Å²) in [6.45, 7) is -0.148. The molecule has 7 nitrogen and oxygen atoms in total. The van der Waals surface area contributed by atoms with Crippen LogP contribution in [0.25, 0.3) is 0 Å². The molecular weight excluding hydrogens is 308 g/mol. The van der Waals surface area contributed by atoms with Crippen molar-refractivity contribution in [2.45, 2.75) is 6.54 Å². The fraction of sp³-hybridized carbons (Fsp3) is 0.176. The van der Waals surface area contributed by atoms with Crippen LogP contribution in [0.4, 0.5) is 5.69 Å². The highest BCUT2D eigenvalue weighted by Crippen LogP contribution is 2.08. The molecule has 122 valence electrons. The zero-order valence-electron chi connectivity index (χ0n) is 12.9. The summed E-state index contributed by atoms with van der Waals surface area (Å²) in [5.41, 5.74) is 1.81. The van der Waals surface area contributed by atoms with Gasteiger partial charge in [-0.2, -0.15) is 5.26 Å². The van der Waals surface area contributed by atoms with Crippen molar-refractivity contribution < 1.29 is 14.3 Å². The molecule has 7 heteroatoms. The lowest BCUT2D eigenvalue weighted by molar-refractivity contribution is -0.128. The largest absolute Gasteiger partial charge is 0.362 e. The average molecular weight is 324 g/mol. The molecule has 0 fully saturated rings. The van der Waals surface area contributed by atoms with Gasteiger partial charge in [0.1, 0.15) is 13.2 Å². The number of benzene rings is 1. The van der Waals surface area contributed by atoms with Gasteiger partial charge in [-0.3, -0.25) is 14.6 Å². The predicted octanol–water partition coefficient (Wildman–Crippen LogP) is 1.22. The molecule has 0 saturated heterocycles. The van der Waals surface area contributed by atoms with Crippen LogP contribution in [0.3, 0.4) is 0 Å². The molecule has 1 aromatic carbocycles. The van der Waals surface area contributed by atoms with Crippen LogP contribution in [-0.4, -0.2) is 30.0 Å². The standard InChI is InChI=1S/C17H16N4O3/c18-9-13-4-6-14(7-5-13)21-17(23)12-24-11-16(22)20-10-15-3-1-2-8-19-15/h1-8H,10-12H2,(H,20,22)(H,21,23). The highest BCUT2D eigenvalue weighted by atomic mass is 16.5. The minimum atomic E-state index is -0.378. The fourth-order valence-electron chi connectivity index (χ4n) is 1.80. The molecule has 0 bridgehead atoms. The molecule has 0 spiro atoms. The molecule has 2 aromatic rings. The third-order valence-corrected chi connectivity index (χ3v) is 2.96. The van der Waals surface area contributed by atoms with Crippen LogP contribution >= 0.6 is 0 Å². The number of hydrogen-bond acceptors (Lipinski definition) is 5. The molecule has 2 rings (SSSR count). The number of carbonyl (C=O) groups excluding carboxylic acids is 2. The van der Waals surface area contributed by atoms with Crippen molar-refractivity contribution in [3.05, 3.63) is 59.9 Å². The van der Waals surface area contributed by atoms with Crippen molar-refractivity contribution in [2.75, 3.05) is 18.5 Å². The summed E-state index contributed by atoms with van der Waals surface area (Å²) in [4.78, 5) is 27.4. The van der Waals surface area contributed by atoms with E-state index >= 15 is 0 Å². The Morgan fingerprint density at radius 1 is 1.08 bits per heavy atom. The molecule has 0 atom stereocenters. The van der Waals surface area contributed by atoms with Gasteiger partial charge in [0.2, 0.25) is 11.8 Å². The van der Waals surface area contributed by atoms with Gasteiger partial charge in [0, 0.05) is 11.9 Å². The number of nitrogens with one attached hydrogen (secondary N) is 2. The number of hydrogen-bond donors (Lipinski definition) is 2. The van der Waals surface area contributed by atoms with Gasteiger partial charge in [-0.05, 0) is 36.4 Å². The van der Waals surface area contributed by atoms with Gasteiger partial charge in [-0.15, -0.1) is 0 Å². The van der Waals surface area contributed by atoms with E-state index in [0.29, 0.717) is 17.8 Å². The van der Waals surface area contributed by atoms with Crippen molar-refractivity contribution in [2.24, 2.45) is 0 Å². The Labute approximate surface area is 139 Å². The minimum absolute atomic E-state index is 0.215. The number of aromatic nitrogens is 1. The van der Waals surface area contributed by atoms with Gasteiger partial charge in [0.15, 0.2) is 0 Å². The highest BCUT2D eigenvalue weighted by molar-refractivity contribution is 5.91. The highest BCUT2D eigenvalue weighted by Gasteiger charge is 2.06. The molecule has 2 N–H and O–H groups in total. The van der Waals surface area contributed by atoms with Crippen LogP contribution in [0.5, 0.6) is 0 Å². The van der Waals surface area contributed by atoms with Crippen molar-refractivity contribution >= 4 is 17.5 Å². The van der Waals surface area contributed by atoms with E-state index in [4.69, 9.17) is 10.00 Å². The Balaban J connectivity index is 1.64. The lowest BCUT2D eigenvalue weighted by atomic mass is 10.2. The average Bonchev–Trinajstić information content (AvgIpc) is 2.61. The van der Waals surface area contributed by atoms with E-state index in [2.05, 4.69) is 15.6 Å². The number of nitriles is 1. The summed E-state index contributed by atoms with van der Waals surface area (Å²) in [6, 6.07) is 13.9. The number of anilines is 1. The quantitative estimate of drug-likeness (QED) is 0.797. The van der Waals surface area contributed by atoms with Crippen LogP contribution in [-0.2, 0) is 20.9 Å². The van der Waals surface area contributed by atoms with E-state index in [9.17, 15) is 9.59 Å². The normalized spacial score (nSPS) is 9.79. The first-order chi connectivity index (χ1) is 11.7. The third-order valence-electron chi connectivity index (χ3n) is 2.96. The second-order valence-corrected chi connectivity index (χ2v) is 4.83. The lowest BCUT2D eigenvalue weighted by Gasteiger charge is -2.07. The maximum atomic E-state index is 11.7. The van der Waals surface area contributed by atoms with E-state index < -0.39 is 0 Å². The minimum Gasteiger partial charge on any atom is -0.362 e. The number of pyridine rings is 1. The van der Waals surface area contributed by atoms with Crippen LogP contribution in [0, 0.1) is 11.3 Å². The Morgan fingerprint density at radius 2 is 1.83 bits per heavy atom. The Bertz CT molecular complexity index is 724. The van der Waals surface area contributed by atoms with Gasteiger partial charge in [-0.25, -0.2) is 0 Å². The number of carbonyl (C=O) groups is 2. The van der Waals surface area contributed by atoms with Gasteiger partial charge < -0.3 is 15.4 Å². The topological polar surface area (TPSA) is 104 Å². The molecule has 1 heterocycles. The van der Waals surface area contributed by atoms with Crippen LogP contribution < -0.4 is 10.6 Å². The van der Waals surface area contributed by atoms with E-state index in [1.54, 1.807) is 42.6 Å². The number of nitrogens with zero attached hydrogens (tertiary/aromatic N) is 2. The van der Waals surface area contributed by atoms with E-state index in [-0.39, 0.29) is 25.0 Å². The number of rotatable bonds is 7. The van der Waals surface area contributed by atoms with Crippen molar-refractivity contribution in [3.63, 3.8) is 0 Å². The Morgan fingerprint density at radius 3 is 2.50 bits per heavy atom. The van der Waals surface area contributed by atoms with Crippen LogP contribution in [0.1, 0.15) is 11.3 Å². The molecule has 0 saturated carbocycles. The number of amides is 2. The third kappa shape index (κ3) is 5.87. The Kier molecular flexibility index (Phi) is 6.44. The fourth-order valence-corrected chi connectivity index (χ4v) is 1.80. The zero-order valence-corrected chi connectivity index (χ0v) is 12.9. The summed E-state index contributed by atoms with van der Waals surface area (Å²) in [6.07, 6.45) is 1.64. The summed E-state index contributed by atoms with van der Waals surface area (Å²) >= 11 is 0.